The first kappa shape index (κ1) is 14.4. The van der Waals surface area contributed by atoms with E-state index in [1.165, 1.54) is 0 Å². The van der Waals surface area contributed by atoms with Crippen molar-refractivity contribution in [2.75, 3.05) is 18.4 Å². The number of hydrogen-bond donors (Lipinski definition) is 2. The number of hydrogen-bond acceptors (Lipinski definition) is 2. The molecule has 2 amide bonds. The highest BCUT2D eigenvalue weighted by Crippen LogP contribution is 2.23. The molecule has 108 valence electrons. The van der Waals surface area contributed by atoms with Crippen LogP contribution in [0.2, 0.25) is 0 Å². The second-order valence-corrected chi connectivity index (χ2v) is 5.52. The smallest absolute Gasteiger partial charge is 0.321 e. The number of urea groups is 1. The number of amides is 2. The van der Waals surface area contributed by atoms with Crippen molar-refractivity contribution in [2.45, 2.75) is 20.3 Å². The van der Waals surface area contributed by atoms with Crippen LogP contribution in [0.15, 0.2) is 24.3 Å². The van der Waals surface area contributed by atoms with Crippen LogP contribution in [0, 0.1) is 11.8 Å². The first-order valence-corrected chi connectivity index (χ1v) is 6.83. The average Bonchev–Trinajstić information content (AvgIpc) is 2.71. The summed E-state index contributed by atoms with van der Waals surface area (Å²) < 4.78 is 0. The van der Waals surface area contributed by atoms with Gasteiger partial charge in [-0.2, -0.15) is 0 Å². The number of rotatable bonds is 3. The van der Waals surface area contributed by atoms with E-state index >= 15 is 0 Å². The maximum atomic E-state index is 12.2. The standard InChI is InChI=1S/C15H20N2O3/c1-10-8-17(9-11(10)2)15(20)16-13-6-4-3-5-12(13)7-14(18)19/h3-6,10-11H,7-9H2,1-2H3,(H,16,20)(H,18,19). The van der Waals surface area contributed by atoms with Crippen LogP contribution in [-0.2, 0) is 11.2 Å². The van der Waals surface area contributed by atoms with Crippen molar-refractivity contribution in [1.82, 2.24) is 4.90 Å². The summed E-state index contributed by atoms with van der Waals surface area (Å²) in [7, 11) is 0. The number of carboxylic acid groups (broad SMARTS) is 1. The van der Waals surface area contributed by atoms with Crippen molar-refractivity contribution in [2.24, 2.45) is 11.8 Å². The second-order valence-electron chi connectivity index (χ2n) is 5.52. The maximum absolute atomic E-state index is 12.2. The molecular formula is C15H20N2O3. The highest BCUT2D eigenvalue weighted by atomic mass is 16.4. The van der Waals surface area contributed by atoms with Crippen molar-refractivity contribution >= 4 is 17.7 Å². The third-order valence-corrected chi connectivity index (χ3v) is 3.88. The summed E-state index contributed by atoms with van der Waals surface area (Å²) in [6.45, 7) is 5.76. The molecular weight excluding hydrogens is 256 g/mol. The molecule has 0 spiro atoms. The number of anilines is 1. The Morgan fingerprint density at radius 3 is 2.45 bits per heavy atom. The predicted molar refractivity (Wildman–Crippen MR) is 76.7 cm³/mol. The lowest BCUT2D eigenvalue weighted by molar-refractivity contribution is -0.136. The molecule has 2 atom stereocenters. The zero-order valence-corrected chi connectivity index (χ0v) is 11.8. The molecule has 0 saturated carbocycles. The van der Waals surface area contributed by atoms with E-state index in [0.29, 0.717) is 23.1 Å². The molecule has 2 N–H and O–H groups in total. The number of carbonyl (C=O) groups is 2. The van der Waals surface area contributed by atoms with Gasteiger partial charge >= 0.3 is 12.0 Å². The van der Waals surface area contributed by atoms with Crippen LogP contribution in [0.4, 0.5) is 10.5 Å². The lowest BCUT2D eigenvalue weighted by Crippen LogP contribution is -2.33. The number of carboxylic acids is 1. The molecule has 5 heteroatoms. The monoisotopic (exact) mass is 276 g/mol. The number of aliphatic carboxylic acids is 1. The SMILES string of the molecule is CC1CN(C(=O)Nc2ccccc2CC(=O)O)CC1C. The van der Waals surface area contributed by atoms with Crippen molar-refractivity contribution in [3.8, 4) is 0 Å². The average molecular weight is 276 g/mol. The van der Waals surface area contributed by atoms with Crippen LogP contribution >= 0.6 is 0 Å². The fourth-order valence-electron chi connectivity index (χ4n) is 2.45. The summed E-state index contributed by atoms with van der Waals surface area (Å²) in [5.74, 6) is 0.0835. The quantitative estimate of drug-likeness (QED) is 0.890. The molecule has 20 heavy (non-hydrogen) atoms. The molecule has 1 heterocycles. The fourth-order valence-corrected chi connectivity index (χ4v) is 2.45. The van der Waals surface area contributed by atoms with Gasteiger partial charge in [0.15, 0.2) is 0 Å². The van der Waals surface area contributed by atoms with Crippen LogP contribution in [0.25, 0.3) is 0 Å². The van der Waals surface area contributed by atoms with Gasteiger partial charge in [-0.05, 0) is 23.5 Å². The Morgan fingerprint density at radius 1 is 1.25 bits per heavy atom. The van der Waals surface area contributed by atoms with Gasteiger partial charge < -0.3 is 15.3 Å². The topological polar surface area (TPSA) is 69.6 Å². The largest absolute Gasteiger partial charge is 0.481 e. The summed E-state index contributed by atoms with van der Waals surface area (Å²) in [5, 5.41) is 11.7. The van der Waals surface area contributed by atoms with Crippen LogP contribution in [0.1, 0.15) is 19.4 Å². The lowest BCUT2D eigenvalue weighted by Gasteiger charge is -2.18. The fraction of sp³-hybridized carbons (Fsp3) is 0.467. The van der Waals surface area contributed by atoms with Gasteiger partial charge in [-0.15, -0.1) is 0 Å². The van der Waals surface area contributed by atoms with Gasteiger partial charge in [0.1, 0.15) is 0 Å². The lowest BCUT2D eigenvalue weighted by atomic mass is 10.0. The van der Waals surface area contributed by atoms with E-state index < -0.39 is 5.97 Å². The Bertz CT molecular complexity index is 506. The molecule has 0 bridgehead atoms. The van der Waals surface area contributed by atoms with E-state index in [0.717, 1.165) is 13.1 Å². The van der Waals surface area contributed by atoms with Gasteiger partial charge in [0.05, 0.1) is 6.42 Å². The molecule has 2 rings (SSSR count). The van der Waals surface area contributed by atoms with E-state index in [9.17, 15) is 9.59 Å². The molecule has 1 fully saturated rings. The van der Waals surface area contributed by atoms with Crippen molar-refractivity contribution in [1.29, 1.82) is 0 Å². The maximum Gasteiger partial charge on any atom is 0.321 e. The predicted octanol–water partition coefficient (Wildman–Crippen LogP) is 2.43. The second kappa shape index (κ2) is 5.94. The highest BCUT2D eigenvalue weighted by Gasteiger charge is 2.29. The number of para-hydroxylation sites is 1. The van der Waals surface area contributed by atoms with E-state index in [-0.39, 0.29) is 12.5 Å². The third kappa shape index (κ3) is 3.29. The van der Waals surface area contributed by atoms with E-state index in [2.05, 4.69) is 19.2 Å². The van der Waals surface area contributed by atoms with Gasteiger partial charge in [-0.25, -0.2) is 4.79 Å². The van der Waals surface area contributed by atoms with Gasteiger partial charge in [0.25, 0.3) is 0 Å². The first-order valence-electron chi connectivity index (χ1n) is 6.83. The number of nitrogens with zero attached hydrogens (tertiary/aromatic N) is 1. The minimum atomic E-state index is -0.907. The van der Waals surface area contributed by atoms with Crippen molar-refractivity contribution in [3.05, 3.63) is 29.8 Å². The highest BCUT2D eigenvalue weighted by molar-refractivity contribution is 5.91. The first-order chi connectivity index (χ1) is 9.47. The molecule has 1 aromatic carbocycles. The number of nitrogens with one attached hydrogen (secondary N) is 1. The van der Waals surface area contributed by atoms with Crippen LogP contribution in [-0.4, -0.2) is 35.1 Å². The van der Waals surface area contributed by atoms with Gasteiger partial charge in [-0.3, -0.25) is 4.79 Å². The molecule has 2 unspecified atom stereocenters. The Hall–Kier alpha value is -2.04. The van der Waals surface area contributed by atoms with E-state index in [1.54, 1.807) is 29.2 Å². The van der Waals surface area contributed by atoms with E-state index in [1.807, 2.05) is 0 Å². The van der Waals surface area contributed by atoms with Crippen LogP contribution in [0.3, 0.4) is 0 Å². The molecule has 0 aromatic heterocycles. The van der Waals surface area contributed by atoms with Gasteiger partial charge in [-0.1, -0.05) is 32.0 Å². The zero-order chi connectivity index (χ0) is 14.7. The minimum absolute atomic E-state index is 0.0940. The minimum Gasteiger partial charge on any atom is -0.481 e. The van der Waals surface area contributed by atoms with Crippen LogP contribution < -0.4 is 5.32 Å². The molecule has 1 saturated heterocycles. The third-order valence-electron chi connectivity index (χ3n) is 3.88. The Labute approximate surface area is 118 Å². The molecule has 1 aliphatic heterocycles. The summed E-state index contributed by atoms with van der Waals surface area (Å²) in [6.07, 6.45) is -0.0940. The van der Waals surface area contributed by atoms with Crippen LogP contribution in [0.5, 0.6) is 0 Å². The van der Waals surface area contributed by atoms with Crippen molar-refractivity contribution < 1.29 is 14.7 Å². The summed E-state index contributed by atoms with van der Waals surface area (Å²) in [5.41, 5.74) is 1.20. The zero-order valence-electron chi connectivity index (χ0n) is 11.8. The number of benzene rings is 1. The number of carbonyl (C=O) groups excluding carboxylic acids is 1. The summed E-state index contributed by atoms with van der Waals surface area (Å²) >= 11 is 0. The number of likely N-dealkylation sites (tertiary alicyclic amines) is 1. The Balaban J connectivity index is 2.06. The van der Waals surface area contributed by atoms with Gasteiger partial charge in [0.2, 0.25) is 0 Å². The molecule has 1 aromatic rings. The molecule has 5 nitrogen and oxygen atoms in total. The molecule has 0 radical (unpaired) electrons. The summed E-state index contributed by atoms with van der Waals surface area (Å²) in [6, 6.07) is 6.86. The van der Waals surface area contributed by atoms with Gasteiger partial charge in [0, 0.05) is 18.8 Å². The normalized spacial score (nSPS) is 21.8. The van der Waals surface area contributed by atoms with Crippen molar-refractivity contribution in [3.63, 3.8) is 0 Å². The summed E-state index contributed by atoms with van der Waals surface area (Å²) in [4.78, 5) is 24.8. The molecule has 0 aliphatic carbocycles. The van der Waals surface area contributed by atoms with E-state index in [4.69, 9.17) is 5.11 Å². The Morgan fingerprint density at radius 2 is 1.85 bits per heavy atom. The molecule has 1 aliphatic rings. The Kier molecular flexibility index (Phi) is 4.27.